The molecule has 0 aliphatic heterocycles. The third-order valence-electron chi connectivity index (χ3n) is 7.20. The smallest absolute Gasteiger partial charge is 0.348 e. The zero-order valence-corrected chi connectivity index (χ0v) is 18.6. The van der Waals surface area contributed by atoms with Crippen LogP contribution >= 0.6 is 11.3 Å². The third-order valence-corrected chi connectivity index (χ3v) is 8.48. The number of amides is 1. The van der Waals surface area contributed by atoms with E-state index in [1.807, 2.05) is 6.07 Å². The van der Waals surface area contributed by atoms with E-state index in [0.717, 1.165) is 56.2 Å². The highest BCUT2D eigenvalue weighted by Crippen LogP contribution is 2.43. The van der Waals surface area contributed by atoms with Gasteiger partial charge in [0, 0.05) is 16.8 Å². The number of hydrogen-bond donors (Lipinski definition) is 2. The predicted molar refractivity (Wildman–Crippen MR) is 119 cm³/mol. The molecule has 1 heterocycles. The number of allylic oxidation sites excluding steroid dienone is 2. The molecule has 3 aliphatic rings. The van der Waals surface area contributed by atoms with Crippen molar-refractivity contribution in [2.75, 3.05) is 4.90 Å². The van der Waals surface area contributed by atoms with E-state index in [2.05, 4.69) is 19.1 Å². The lowest BCUT2D eigenvalue weighted by atomic mass is 9.82. The van der Waals surface area contributed by atoms with Crippen LogP contribution in [-0.2, 0) is 4.79 Å². The molecule has 6 heteroatoms. The molecule has 3 atom stereocenters. The predicted octanol–water partition coefficient (Wildman–Crippen LogP) is 5.34. The van der Waals surface area contributed by atoms with E-state index >= 15 is 0 Å². The molecule has 2 saturated carbocycles. The maximum absolute atomic E-state index is 13.7. The monoisotopic (exact) mass is 431 g/mol. The number of anilines is 1. The number of carbonyl (C=O) groups excluding carboxylic acids is 1. The Labute approximate surface area is 182 Å². The van der Waals surface area contributed by atoms with Gasteiger partial charge in [0.05, 0.1) is 11.8 Å². The van der Waals surface area contributed by atoms with Gasteiger partial charge in [0.15, 0.2) is 0 Å². The second-order valence-electron chi connectivity index (χ2n) is 9.44. The molecule has 164 valence electrons. The number of thiophene rings is 1. The molecular weight excluding hydrogens is 398 g/mol. The van der Waals surface area contributed by atoms with Gasteiger partial charge < -0.3 is 15.1 Å². The zero-order valence-electron chi connectivity index (χ0n) is 17.8. The van der Waals surface area contributed by atoms with Gasteiger partial charge in [-0.25, -0.2) is 4.79 Å². The van der Waals surface area contributed by atoms with E-state index < -0.39 is 12.1 Å². The maximum atomic E-state index is 13.7. The molecule has 0 bridgehead atoms. The zero-order chi connectivity index (χ0) is 21.3. The Hall–Kier alpha value is -1.66. The molecule has 2 N–H and O–H groups in total. The fraction of sp³-hybridized carbons (Fsp3) is 0.667. The minimum absolute atomic E-state index is 0.0402. The van der Waals surface area contributed by atoms with Gasteiger partial charge in [0.1, 0.15) is 4.88 Å². The summed E-state index contributed by atoms with van der Waals surface area (Å²) in [4.78, 5) is 29.0. The average Bonchev–Trinajstić information content (AvgIpc) is 3.36. The van der Waals surface area contributed by atoms with Crippen molar-refractivity contribution in [1.82, 2.24) is 0 Å². The van der Waals surface area contributed by atoms with Crippen LogP contribution in [0.25, 0.3) is 0 Å². The van der Waals surface area contributed by atoms with E-state index in [-0.39, 0.29) is 22.7 Å². The van der Waals surface area contributed by atoms with Gasteiger partial charge in [-0.3, -0.25) is 4.79 Å². The average molecular weight is 432 g/mol. The van der Waals surface area contributed by atoms with Crippen molar-refractivity contribution in [3.05, 3.63) is 28.0 Å². The van der Waals surface area contributed by atoms with E-state index in [9.17, 15) is 19.8 Å². The van der Waals surface area contributed by atoms with Gasteiger partial charge in [-0.1, -0.05) is 19.1 Å². The Kier molecular flexibility index (Phi) is 6.63. The van der Waals surface area contributed by atoms with Crippen LogP contribution < -0.4 is 4.90 Å². The second-order valence-corrected chi connectivity index (χ2v) is 10.5. The highest BCUT2D eigenvalue weighted by atomic mass is 32.1. The molecule has 1 aromatic rings. The number of aliphatic hydroxyl groups is 1. The van der Waals surface area contributed by atoms with Crippen LogP contribution in [0.2, 0.25) is 0 Å². The van der Waals surface area contributed by atoms with Gasteiger partial charge in [-0.15, -0.1) is 11.3 Å². The van der Waals surface area contributed by atoms with Gasteiger partial charge in [0.2, 0.25) is 5.91 Å². The molecular formula is C24H33NO4S. The maximum Gasteiger partial charge on any atom is 0.348 e. The first kappa shape index (κ1) is 21.6. The summed E-state index contributed by atoms with van der Waals surface area (Å²) in [6, 6.07) is 1.87. The highest BCUT2D eigenvalue weighted by molar-refractivity contribution is 7.14. The first-order valence-corrected chi connectivity index (χ1v) is 12.3. The van der Waals surface area contributed by atoms with E-state index in [4.69, 9.17) is 0 Å². The number of nitrogens with zero attached hydrogens (tertiary/aromatic N) is 1. The summed E-state index contributed by atoms with van der Waals surface area (Å²) >= 11 is 1.34. The number of carboxylic acids is 1. The van der Waals surface area contributed by atoms with Crippen LogP contribution in [0, 0.1) is 11.8 Å². The van der Waals surface area contributed by atoms with E-state index in [1.165, 1.54) is 11.3 Å². The molecule has 30 heavy (non-hydrogen) atoms. The molecule has 4 rings (SSSR count). The number of carbonyl (C=O) groups is 2. The summed E-state index contributed by atoms with van der Waals surface area (Å²) in [5.74, 6) is 0.0464. The van der Waals surface area contributed by atoms with Gasteiger partial charge in [-0.05, 0) is 82.1 Å². The van der Waals surface area contributed by atoms with Crippen molar-refractivity contribution < 1.29 is 19.8 Å². The van der Waals surface area contributed by atoms with Gasteiger partial charge in [-0.2, -0.15) is 0 Å². The van der Waals surface area contributed by atoms with Crippen molar-refractivity contribution >= 4 is 28.9 Å². The molecule has 0 spiro atoms. The number of aromatic carboxylic acids is 1. The van der Waals surface area contributed by atoms with Crippen LogP contribution in [-0.4, -0.2) is 34.2 Å². The molecule has 5 nitrogen and oxygen atoms in total. The molecule has 1 amide bonds. The summed E-state index contributed by atoms with van der Waals surface area (Å²) in [5, 5.41) is 20.1. The Balaban J connectivity index is 1.69. The number of aliphatic hydroxyl groups excluding tert-OH is 1. The Morgan fingerprint density at radius 3 is 2.43 bits per heavy atom. The first-order chi connectivity index (χ1) is 14.4. The fourth-order valence-electron chi connectivity index (χ4n) is 5.35. The quantitative estimate of drug-likeness (QED) is 0.617. The summed E-state index contributed by atoms with van der Waals surface area (Å²) < 4.78 is 0. The lowest BCUT2D eigenvalue weighted by Gasteiger charge is -2.34. The van der Waals surface area contributed by atoms with Crippen LogP contribution in [0.3, 0.4) is 0 Å². The third kappa shape index (κ3) is 4.50. The van der Waals surface area contributed by atoms with Crippen molar-refractivity contribution in [2.45, 2.75) is 89.2 Å². The summed E-state index contributed by atoms with van der Waals surface area (Å²) in [6.07, 6.45) is 12.7. The normalized spacial score (nSPS) is 31.6. The molecule has 3 aliphatic carbocycles. The molecule has 1 aromatic heterocycles. The topological polar surface area (TPSA) is 77.8 Å². The minimum Gasteiger partial charge on any atom is -0.477 e. The Morgan fingerprint density at radius 1 is 1.07 bits per heavy atom. The number of rotatable bonds is 5. The van der Waals surface area contributed by atoms with Gasteiger partial charge >= 0.3 is 5.97 Å². The van der Waals surface area contributed by atoms with Crippen molar-refractivity contribution in [3.63, 3.8) is 0 Å². The Bertz CT molecular complexity index is 808. The molecule has 2 fully saturated rings. The van der Waals surface area contributed by atoms with E-state index in [1.54, 1.807) is 4.90 Å². The Morgan fingerprint density at radius 2 is 1.83 bits per heavy atom. The largest absolute Gasteiger partial charge is 0.477 e. The van der Waals surface area contributed by atoms with E-state index in [0.29, 0.717) is 30.4 Å². The molecule has 0 saturated heterocycles. The minimum atomic E-state index is -0.957. The summed E-state index contributed by atoms with van der Waals surface area (Å²) in [6.45, 7) is 2.23. The van der Waals surface area contributed by atoms with Crippen molar-refractivity contribution in [2.24, 2.45) is 11.8 Å². The fourth-order valence-corrected chi connectivity index (χ4v) is 6.49. The van der Waals surface area contributed by atoms with Crippen LogP contribution in [0.5, 0.6) is 0 Å². The lowest BCUT2D eigenvalue weighted by molar-refractivity contribution is -0.124. The van der Waals surface area contributed by atoms with Crippen molar-refractivity contribution in [3.8, 4) is 0 Å². The summed E-state index contributed by atoms with van der Waals surface area (Å²) in [5.41, 5.74) is 0.569. The SMILES string of the molecule is CC1CCC(C(=O)N(c2cc(C3CC=CCC3)sc2C(=O)O)C2CCC(O)C2)CC1. The van der Waals surface area contributed by atoms with Crippen LogP contribution in [0.1, 0.15) is 91.6 Å². The number of hydrogen-bond acceptors (Lipinski definition) is 4. The molecule has 0 aromatic carbocycles. The standard InChI is InChI=1S/C24H33NO4S/c1-15-7-9-17(10-8-15)23(27)25(18-11-12-19(26)13-18)20-14-21(30-22(20)24(28)29)16-5-3-2-4-6-16/h2-3,14-19,26H,4-13H2,1H3,(H,28,29). The molecule has 0 radical (unpaired) electrons. The summed E-state index contributed by atoms with van der Waals surface area (Å²) in [7, 11) is 0. The molecule has 3 unspecified atom stereocenters. The van der Waals surface area contributed by atoms with Gasteiger partial charge in [0.25, 0.3) is 0 Å². The first-order valence-electron chi connectivity index (χ1n) is 11.5. The van der Waals surface area contributed by atoms with Crippen LogP contribution in [0.4, 0.5) is 5.69 Å². The number of carboxylic acid groups (broad SMARTS) is 1. The van der Waals surface area contributed by atoms with Crippen LogP contribution in [0.15, 0.2) is 18.2 Å². The van der Waals surface area contributed by atoms with Crippen molar-refractivity contribution in [1.29, 1.82) is 0 Å². The second kappa shape index (κ2) is 9.23. The lowest BCUT2D eigenvalue weighted by Crippen LogP contribution is -2.44. The highest BCUT2D eigenvalue weighted by Gasteiger charge is 2.39.